The molecule has 0 bridgehead atoms. The van der Waals surface area contributed by atoms with Crippen molar-refractivity contribution in [3.63, 3.8) is 0 Å². The lowest BCUT2D eigenvalue weighted by Gasteiger charge is -2.06. The number of carbonyl (C=O) groups excluding carboxylic acids is 1. The van der Waals surface area contributed by atoms with Crippen LogP contribution in [-0.4, -0.2) is 22.5 Å². The number of aromatic nitrogens is 2. The molecule has 0 radical (unpaired) electrons. The molecule has 0 atom stereocenters. The van der Waals surface area contributed by atoms with E-state index in [-0.39, 0.29) is 5.56 Å². The van der Waals surface area contributed by atoms with E-state index < -0.39 is 5.97 Å². The zero-order valence-corrected chi connectivity index (χ0v) is 11.8. The summed E-state index contributed by atoms with van der Waals surface area (Å²) in [7, 11) is 0. The third kappa shape index (κ3) is 2.35. The minimum absolute atomic E-state index is 0.268. The minimum Gasteiger partial charge on any atom is -0.462 e. The van der Waals surface area contributed by atoms with Gasteiger partial charge in [0.25, 0.3) is 0 Å². The van der Waals surface area contributed by atoms with Crippen molar-refractivity contribution in [2.45, 2.75) is 6.92 Å². The van der Waals surface area contributed by atoms with Gasteiger partial charge in [0, 0.05) is 24.0 Å². The predicted molar refractivity (Wildman–Crippen MR) is 73.2 cm³/mol. The summed E-state index contributed by atoms with van der Waals surface area (Å²) in [5.74, 6) is -0.467. The topological polar surface area (TPSA) is 52.1 Å². The lowest BCUT2D eigenvalue weighted by molar-refractivity contribution is 0.0526. The van der Waals surface area contributed by atoms with Gasteiger partial charge in [0.15, 0.2) is 0 Å². The normalized spacial score (nSPS) is 10.5. The van der Waals surface area contributed by atoms with Crippen LogP contribution >= 0.6 is 34.2 Å². The standard InChI is InChI=1S/C11H8ClIN2O2/c1-2-17-11(16)7-4-15-10-6(9(7)12)3-14-5-8(10)13/h3-5H,2H2,1H3. The lowest BCUT2D eigenvalue weighted by Crippen LogP contribution is -2.06. The first-order chi connectivity index (χ1) is 8.15. The quantitative estimate of drug-likeness (QED) is 0.609. The summed E-state index contributed by atoms with van der Waals surface area (Å²) < 4.78 is 5.79. The number of rotatable bonds is 2. The molecule has 0 aliphatic carbocycles. The highest BCUT2D eigenvalue weighted by molar-refractivity contribution is 14.1. The summed E-state index contributed by atoms with van der Waals surface area (Å²) in [6.45, 7) is 2.04. The molecular weight excluding hydrogens is 354 g/mol. The van der Waals surface area contributed by atoms with Gasteiger partial charge in [0.2, 0.25) is 0 Å². The summed E-state index contributed by atoms with van der Waals surface area (Å²) in [6.07, 6.45) is 4.72. The molecule has 0 amide bonds. The maximum Gasteiger partial charge on any atom is 0.341 e. The number of fused-ring (bicyclic) bond motifs is 1. The average molecular weight is 363 g/mol. The highest BCUT2D eigenvalue weighted by atomic mass is 127. The molecule has 0 saturated heterocycles. The van der Waals surface area contributed by atoms with Gasteiger partial charge < -0.3 is 4.74 Å². The summed E-state index contributed by atoms with van der Waals surface area (Å²) in [5, 5.41) is 0.989. The highest BCUT2D eigenvalue weighted by Gasteiger charge is 2.16. The van der Waals surface area contributed by atoms with Crippen LogP contribution in [0.5, 0.6) is 0 Å². The molecule has 4 nitrogen and oxygen atoms in total. The zero-order valence-electron chi connectivity index (χ0n) is 8.91. The van der Waals surface area contributed by atoms with Crippen molar-refractivity contribution in [2.75, 3.05) is 6.61 Å². The smallest absolute Gasteiger partial charge is 0.341 e. The molecular formula is C11H8ClIN2O2. The van der Waals surface area contributed by atoms with E-state index in [0.717, 1.165) is 9.09 Å². The molecule has 2 heterocycles. The first-order valence-corrected chi connectivity index (χ1v) is 6.35. The predicted octanol–water partition coefficient (Wildman–Crippen LogP) is 3.06. The second-order valence-electron chi connectivity index (χ2n) is 3.22. The fourth-order valence-corrected chi connectivity index (χ4v) is 2.26. The van der Waals surface area contributed by atoms with E-state index in [1.807, 2.05) is 0 Å². The summed E-state index contributed by atoms with van der Waals surface area (Å²) in [6, 6.07) is 0. The first-order valence-electron chi connectivity index (χ1n) is 4.90. The second-order valence-corrected chi connectivity index (χ2v) is 4.76. The van der Waals surface area contributed by atoms with Crippen molar-refractivity contribution < 1.29 is 9.53 Å². The number of halogens is 2. The Morgan fingerprint density at radius 2 is 2.24 bits per heavy atom. The minimum atomic E-state index is -0.467. The van der Waals surface area contributed by atoms with Gasteiger partial charge in [-0.2, -0.15) is 0 Å². The van der Waals surface area contributed by atoms with Crippen LogP contribution in [0, 0.1) is 3.57 Å². The molecule has 0 aliphatic heterocycles. The van der Waals surface area contributed by atoms with Gasteiger partial charge >= 0.3 is 5.97 Å². The molecule has 0 fully saturated rings. The molecule has 6 heteroatoms. The molecule has 2 aromatic heterocycles. The van der Waals surface area contributed by atoms with Crippen molar-refractivity contribution >= 4 is 51.1 Å². The maximum atomic E-state index is 11.6. The Hall–Kier alpha value is -0.950. The number of hydrogen-bond donors (Lipinski definition) is 0. The summed E-state index contributed by atoms with van der Waals surface area (Å²) >= 11 is 8.28. The maximum absolute atomic E-state index is 11.6. The largest absolute Gasteiger partial charge is 0.462 e. The van der Waals surface area contributed by atoms with E-state index in [9.17, 15) is 4.79 Å². The molecule has 2 aromatic rings. The van der Waals surface area contributed by atoms with Gasteiger partial charge in [-0.05, 0) is 29.5 Å². The third-order valence-electron chi connectivity index (χ3n) is 2.16. The fraction of sp³-hybridized carbons (Fsp3) is 0.182. The van der Waals surface area contributed by atoms with Crippen LogP contribution < -0.4 is 0 Å². The second kappa shape index (κ2) is 5.14. The van der Waals surface area contributed by atoms with E-state index in [1.165, 1.54) is 6.20 Å². The van der Waals surface area contributed by atoms with Gasteiger partial charge in [0.1, 0.15) is 0 Å². The highest BCUT2D eigenvalue weighted by Crippen LogP contribution is 2.27. The molecule has 0 saturated carbocycles. The van der Waals surface area contributed by atoms with Crippen molar-refractivity contribution in [1.82, 2.24) is 9.97 Å². The SMILES string of the molecule is CCOC(=O)c1cnc2c(I)cncc2c1Cl. The number of ether oxygens (including phenoxy) is 1. The van der Waals surface area contributed by atoms with Crippen molar-refractivity contribution in [2.24, 2.45) is 0 Å². The molecule has 88 valence electrons. The Kier molecular flexibility index (Phi) is 3.78. The zero-order chi connectivity index (χ0) is 12.4. The number of nitrogens with zero attached hydrogens (tertiary/aromatic N) is 2. The van der Waals surface area contributed by atoms with Gasteiger partial charge in [0.05, 0.1) is 26.3 Å². The number of carbonyl (C=O) groups is 1. The van der Waals surface area contributed by atoms with Gasteiger partial charge in [-0.1, -0.05) is 11.6 Å². The lowest BCUT2D eigenvalue weighted by atomic mass is 10.2. The first kappa shape index (κ1) is 12.5. The van der Waals surface area contributed by atoms with Crippen molar-refractivity contribution in [1.29, 1.82) is 0 Å². The third-order valence-corrected chi connectivity index (χ3v) is 3.36. The Morgan fingerprint density at radius 1 is 1.47 bits per heavy atom. The Morgan fingerprint density at radius 3 is 2.94 bits per heavy atom. The average Bonchev–Trinajstić information content (AvgIpc) is 2.31. The van der Waals surface area contributed by atoms with E-state index in [2.05, 4.69) is 32.6 Å². The number of pyridine rings is 2. The molecule has 0 aliphatic rings. The Balaban J connectivity index is 2.62. The van der Waals surface area contributed by atoms with E-state index in [1.54, 1.807) is 19.3 Å². The Bertz CT molecular complexity index is 589. The van der Waals surface area contributed by atoms with Crippen LogP contribution in [0.1, 0.15) is 17.3 Å². The molecule has 0 aromatic carbocycles. The monoisotopic (exact) mass is 362 g/mol. The van der Waals surface area contributed by atoms with Crippen LogP contribution in [0.3, 0.4) is 0 Å². The van der Waals surface area contributed by atoms with E-state index in [0.29, 0.717) is 17.0 Å². The molecule has 17 heavy (non-hydrogen) atoms. The van der Waals surface area contributed by atoms with Gasteiger partial charge in [-0.15, -0.1) is 0 Å². The summed E-state index contributed by atoms with van der Waals surface area (Å²) in [5.41, 5.74) is 1.00. The van der Waals surface area contributed by atoms with Gasteiger partial charge in [-0.25, -0.2) is 4.79 Å². The Labute approximate surface area is 116 Å². The summed E-state index contributed by atoms with van der Waals surface area (Å²) in [4.78, 5) is 19.9. The van der Waals surface area contributed by atoms with Crippen LogP contribution in [0.25, 0.3) is 10.9 Å². The van der Waals surface area contributed by atoms with E-state index >= 15 is 0 Å². The number of hydrogen-bond acceptors (Lipinski definition) is 4. The van der Waals surface area contributed by atoms with Crippen molar-refractivity contribution in [3.05, 3.63) is 32.7 Å². The molecule has 0 N–H and O–H groups in total. The van der Waals surface area contributed by atoms with Crippen LogP contribution in [0.15, 0.2) is 18.6 Å². The number of esters is 1. The fourth-order valence-electron chi connectivity index (χ4n) is 1.40. The molecule has 0 unspecified atom stereocenters. The molecule has 2 rings (SSSR count). The van der Waals surface area contributed by atoms with Crippen LogP contribution in [0.4, 0.5) is 0 Å². The van der Waals surface area contributed by atoms with Crippen LogP contribution in [-0.2, 0) is 4.74 Å². The van der Waals surface area contributed by atoms with Crippen LogP contribution in [0.2, 0.25) is 5.02 Å². The molecule has 0 spiro atoms. The van der Waals surface area contributed by atoms with E-state index in [4.69, 9.17) is 16.3 Å². The van der Waals surface area contributed by atoms with Gasteiger partial charge in [-0.3, -0.25) is 9.97 Å². The van der Waals surface area contributed by atoms with Crippen molar-refractivity contribution in [3.8, 4) is 0 Å².